The molecule has 1 aromatic rings. The first-order chi connectivity index (χ1) is 14.5. The van der Waals surface area contributed by atoms with Crippen LogP contribution >= 0.6 is 24.0 Å². The number of unbranched alkanes of at least 4 members (excludes halogenated alkanes) is 1. The van der Waals surface area contributed by atoms with Gasteiger partial charge in [-0.25, -0.2) is 0 Å². The molecular weight excluding hydrogens is 505 g/mol. The summed E-state index contributed by atoms with van der Waals surface area (Å²) in [5.74, 6) is 2.56. The molecular formula is C23H42IN5O2. The van der Waals surface area contributed by atoms with Crippen molar-refractivity contribution in [3.05, 3.63) is 18.2 Å². The van der Waals surface area contributed by atoms with E-state index in [4.69, 9.17) is 14.5 Å². The topological polar surface area (TPSA) is 61.4 Å². The van der Waals surface area contributed by atoms with Crippen LogP contribution < -0.4 is 25.0 Å². The Morgan fingerprint density at radius 2 is 1.87 bits per heavy atom. The van der Waals surface area contributed by atoms with E-state index in [2.05, 4.69) is 60.4 Å². The molecule has 1 heterocycles. The van der Waals surface area contributed by atoms with Crippen molar-refractivity contribution in [1.29, 1.82) is 0 Å². The second-order valence-electron chi connectivity index (χ2n) is 8.19. The van der Waals surface area contributed by atoms with E-state index in [1.54, 1.807) is 14.2 Å². The normalized spacial score (nSPS) is 16.5. The van der Waals surface area contributed by atoms with Crippen molar-refractivity contribution in [2.24, 2.45) is 4.99 Å². The van der Waals surface area contributed by atoms with Gasteiger partial charge in [-0.1, -0.05) is 0 Å². The molecule has 1 aromatic carbocycles. The second kappa shape index (κ2) is 14.6. The van der Waals surface area contributed by atoms with Gasteiger partial charge in [0.2, 0.25) is 0 Å². The first kappa shape index (κ1) is 27.6. The summed E-state index contributed by atoms with van der Waals surface area (Å²) in [4.78, 5) is 9.54. The average molecular weight is 548 g/mol. The number of rotatable bonds is 11. The zero-order valence-electron chi connectivity index (χ0n) is 20.1. The smallest absolute Gasteiger partial charge is 0.191 e. The van der Waals surface area contributed by atoms with E-state index < -0.39 is 0 Å². The molecule has 0 bridgehead atoms. The number of benzene rings is 1. The summed E-state index contributed by atoms with van der Waals surface area (Å²) in [5.41, 5.74) is 1.13. The van der Waals surface area contributed by atoms with Crippen LogP contribution in [0.15, 0.2) is 23.2 Å². The van der Waals surface area contributed by atoms with Gasteiger partial charge >= 0.3 is 0 Å². The van der Waals surface area contributed by atoms with Crippen LogP contribution in [-0.4, -0.2) is 76.9 Å². The van der Waals surface area contributed by atoms with Gasteiger partial charge < -0.3 is 29.9 Å². The number of nitrogens with zero attached hydrogens (tertiary/aromatic N) is 3. The molecule has 1 unspecified atom stereocenters. The largest absolute Gasteiger partial charge is 0.497 e. The van der Waals surface area contributed by atoms with E-state index in [0.717, 1.165) is 68.7 Å². The molecule has 0 amide bonds. The summed E-state index contributed by atoms with van der Waals surface area (Å²) in [6, 6.07) is 7.01. The summed E-state index contributed by atoms with van der Waals surface area (Å²) >= 11 is 0. The SMILES string of the molecule is CCNC(=NCCCCN(C)C(C)C)NC1CCN(c2cc(OC)cc(OC)c2)C1.I. The highest BCUT2D eigenvalue weighted by molar-refractivity contribution is 14.0. The number of aliphatic imine (C=N–C) groups is 1. The first-order valence-corrected chi connectivity index (χ1v) is 11.2. The first-order valence-electron chi connectivity index (χ1n) is 11.2. The molecule has 178 valence electrons. The van der Waals surface area contributed by atoms with Crippen LogP contribution in [0.2, 0.25) is 0 Å². The zero-order chi connectivity index (χ0) is 21.9. The molecule has 2 rings (SSSR count). The maximum absolute atomic E-state index is 5.42. The molecule has 1 fully saturated rings. The van der Waals surface area contributed by atoms with Crippen LogP contribution in [0.5, 0.6) is 11.5 Å². The number of hydrogen-bond donors (Lipinski definition) is 2. The van der Waals surface area contributed by atoms with Crippen molar-refractivity contribution >= 4 is 35.6 Å². The van der Waals surface area contributed by atoms with Crippen molar-refractivity contribution in [3.8, 4) is 11.5 Å². The summed E-state index contributed by atoms with van der Waals surface area (Å²) in [5, 5.41) is 7.00. The molecule has 0 saturated carbocycles. The van der Waals surface area contributed by atoms with Gasteiger partial charge in [0.05, 0.1) is 14.2 Å². The minimum atomic E-state index is 0. The fraction of sp³-hybridized carbons (Fsp3) is 0.696. The predicted octanol–water partition coefficient (Wildman–Crippen LogP) is 3.58. The Hall–Kier alpha value is -1.42. The fourth-order valence-electron chi connectivity index (χ4n) is 3.52. The van der Waals surface area contributed by atoms with E-state index in [0.29, 0.717) is 12.1 Å². The Morgan fingerprint density at radius 1 is 1.19 bits per heavy atom. The van der Waals surface area contributed by atoms with Crippen molar-refractivity contribution in [2.75, 3.05) is 58.9 Å². The molecule has 1 aliphatic rings. The maximum atomic E-state index is 5.42. The lowest BCUT2D eigenvalue weighted by Crippen LogP contribution is -2.44. The summed E-state index contributed by atoms with van der Waals surface area (Å²) in [6.45, 7) is 11.3. The van der Waals surface area contributed by atoms with E-state index in [-0.39, 0.29) is 24.0 Å². The Balaban J connectivity index is 0.00000480. The minimum absolute atomic E-state index is 0. The number of guanidine groups is 1. The van der Waals surface area contributed by atoms with Crippen LogP contribution in [-0.2, 0) is 0 Å². The Labute approximate surface area is 206 Å². The predicted molar refractivity (Wildman–Crippen MR) is 142 cm³/mol. The monoisotopic (exact) mass is 547 g/mol. The zero-order valence-corrected chi connectivity index (χ0v) is 22.4. The lowest BCUT2D eigenvalue weighted by atomic mass is 10.2. The molecule has 0 spiro atoms. The number of methoxy groups -OCH3 is 2. The second-order valence-corrected chi connectivity index (χ2v) is 8.19. The number of nitrogens with one attached hydrogen (secondary N) is 2. The van der Waals surface area contributed by atoms with E-state index >= 15 is 0 Å². The van der Waals surface area contributed by atoms with E-state index in [1.807, 2.05) is 6.07 Å². The van der Waals surface area contributed by atoms with Gasteiger partial charge in [0.25, 0.3) is 0 Å². The minimum Gasteiger partial charge on any atom is -0.497 e. The Morgan fingerprint density at radius 3 is 2.45 bits per heavy atom. The van der Waals surface area contributed by atoms with Gasteiger partial charge in [-0.15, -0.1) is 24.0 Å². The van der Waals surface area contributed by atoms with Crippen LogP contribution in [0.1, 0.15) is 40.0 Å². The van der Waals surface area contributed by atoms with Crippen molar-refractivity contribution in [2.45, 2.75) is 52.1 Å². The average Bonchev–Trinajstić information content (AvgIpc) is 3.21. The highest BCUT2D eigenvalue weighted by Crippen LogP contribution is 2.30. The van der Waals surface area contributed by atoms with Crippen molar-refractivity contribution < 1.29 is 9.47 Å². The molecule has 1 atom stereocenters. The number of halogens is 1. The molecule has 0 aliphatic carbocycles. The van der Waals surface area contributed by atoms with Gasteiger partial charge in [-0.3, -0.25) is 4.99 Å². The number of hydrogen-bond acceptors (Lipinski definition) is 5. The summed E-state index contributed by atoms with van der Waals surface area (Å²) in [6.07, 6.45) is 3.35. The summed E-state index contributed by atoms with van der Waals surface area (Å²) < 4.78 is 10.8. The van der Waals surface area contributed by atoms with Gasteiger partial charge in [-0.05, 0) is 53.6 Å². The molecule has 0 radical (unpaired) electrons. The molecule has 0 aromatic heterocycles. The molecule has 1 aliphatic heterocycles. The molecule has 1 saturated heterocycles. The Bertz CT molecular complexity index is 649. The van der Waals surface area contributed by atoms with Crippen LogP contribution in [0.25, 0.3) is 0 Å². The fourth-order valence-corrected chi connectivity index (χ4v) is 3.52. The third kappa shape index (κ3) is 9.31. The van der Waals surface area contributed by atoms with Crippen molar-refractivity contribution in [3.63, 3.8) is 0 Å². The van der Waals surface area contributed by atoms with Gasteiger partial charge in [0, 0.05) is 62.1 Å². The number of anilines is 1. The lowest BCUT2D eigenvalue weighted by Gasteiger charge is -2.22. The number of ether oxygens (including phenoxy) is 2. The van der Waals surface area contributed by atoms with Gasteiger partial charge in [-0.2, -0.15) is 0 Å². The van der Waals surface area contributed by atoms with Crippen LogP contribution in [0, 0.1) is 0 Å². The quantitative estimate of drug-likeness (QED) is 0.191. The standard InChI is InChI=1S/C23H41N5O2.HI/c1-7-24-23(25-11-8-9-12-27(4)18(2)3)26-19-10-13-28(17-19)20-14-21(29-5)16-22(15-20)30-6;/h14-16,18-19H,7-13,17H2,1-6H3,(H2,24,25,26);1H. The molecule has 2 N–H and O–H groups in total. The Kier molecular flexibility index (Phi) is 13.0. The van der Waals surface area contributed by atoms with E-state index in [1.165, 1.54) is 6.42 Å². The van der Waals surface area contributed by atoms with Crippen molar-refractivity contribution in [1.82, 2.24) is 15.5 Å². The lowest BCUT2D eigenvalue weighted by molar-refractivity contribution is 0.269. The van der Waals surface area contributed by atoms with Crippen LogP contribution in [0.4, 0.5) is 5.69 Å². The van der Waals surface area contributed by atoms with Gasteiger partial charge in [0.1, 0.15) is 11.5 Å². The summed E-state index contributed by atoms with van der Waals surface area (Å²) in [7, 11) is 5.56. The van der Waals surface area contributed by atoms with E-state index in [9.17, 15) is 0 Å². The highest BCUT2D eigenvalue weighted by atomic mass is 127. The molecule has 7 nitrogen and oxygen atoms in total. The highest BCUT2D eigenvalue weighted by Gasteiger charge is 2.24. The third-order valence-corrected chi connectivity index (χ3v) is 5.65. The maximum Gasteiger partial charge on any atom is 0.191 e. The third-order valence-electron chi connectivity index (χ3n) is 5.65. The molecule has 31 heavy (non-hydrogen) atoms. The van der Waals surface area contributed by atoms with Gasteiger partial charge in [0.15, 0.2) is 5.96 Å². The molecule has 8 heteroatoms. The van der Waals surface area contributed by atoms with Crippen LogP contribution in [0.3, 0.4) is 0 Å².